The van der Waals surface area contributed by atoms with Gasteiger partial charge in [0, 0.05) is 13.1 Å². The fourth-order valence-electron chi connectivity index (χ4n) is 1.35. The second-order valence-corrected chi connectivity index (χ2v) is 5.25. The number of nitrogens with one attached hydrogen (secondary N) is 2. The van der Waals surface area contributed by atoms with Crippen LogP contribution in [0.2, 0.25) is 0 Å². The molecule has 1 atom stereocenters. The van der Waals surface area contributed by atoms with Crippen LogP contribution < -0.4 is 10.6 Å². The van der Waals surface area contributed by atoms with Gasteiger partial charge in [0.15, 0.2) is 0 Å². The van der Waals surface area contributed by atoms with Crippen LogP contribution in [0.1, 0.15) is 27.2 Å². The largest absolute Gasteiger partial charge is 0.465 e. The molecule has 0 radical (unpaired) electrons. The van der Waals surface area contributed by atoms with Gasteiger partial charge in [0.05, 0.1) is 12.4 Å². The summed E-state index contributed by atoms with van der Waals surface area (Å²) in [4.78, 5) is 22.7. The summed E-state index contributed by atoms with van der Waals surface area (Å²) in [7, 11) is 1.62. The first-order valence-electron chi connectivity index (χ1n) is 6.22. The van der Waals surface area contributed by atoms with Crippen molar-refractivity contribution in [3.63, 3.8) is 0 Å². The molecule has 0 saturated carbocycles. The molecule has 6 heteroatoms. The molecule has 0 aliphatic heterocycles. The van der Waals surface area contributed by atoms with Crippen LogP contribution in [0.4, 0.5) is 0 Å². The van der Waals surface area contributed by atoms with E-state index in [-0.39, 0.29) is 24.0 Å². The summed E-state index contributed by atoms with van der Waals surface area (Å²) in [6.07, 6.45) is 0.665. The Labute approximate surface area is 113 Å². The minimum absolute atomic E-state index is 0.00417. The summed E-state index contributed by atoms with van der Waals surface area (Å²) in [6.45, 7) is 6.17. The molecule has 0 aromatic rings. The third-order valence-corrected chi connectivity index (χ3v) is 3.16. The number of rotatable bonds is 9. The van der Waals surface area contributed by atoms with Gasteiger partial charge in [-0.3, -0.25) is 9.59 Å². The lowest BCUT2D eigenvalue weighted by atomic mass is 10.2. The highest BCUT2D eigenvalue weighted by molar-refractivity contribution is 7.99. The monoisotopic (exact) mass is 276 g/mol. The Morgan fingerprint density at radius 1 is 1.33 bits per heavy atom. The molecule has 1 unspecified atom stereocenters. The maximum absolute atomic E-state index is 11.7. The second-order valence-electron chi connectivity index (χ2n) is 4.14. The SMILES string of the molecule is CCOC(=O)C(CCSCC(=O)NC)NC(C)C. The normalized spacial score (nSPS) is 12.3. The van der Waals surface area contributed by atoms with E-state index in [1.807, 2.05) is 13.8 Å². The molecule has 0 spiro atoms. The van der Waals surface area contributed by atoms with E-state index in [2.05, 4.69) is 10.6 Å². The summed E-state index contributed by atoms with van der Waals surface area (Å²) < 4.78 is 5.01. The number of hydrogen-bond acceptors (Lipinski definition) is 5. The molecular weight excluding hydrogens is 252 g/mol. The molecular formula is C12H24N2O3S. The van der Waals surface area contributed by atoms with Crippen LogP contribution in [0, 0.1) is 0 Å². The van der Waals surface area contributed by atoms with Gasteiger partial charge in [-0.2, -0.15) is 11.8 Å². The molecule has 18 heavy (non-hydrogen) atoms. The van der Waals surface area contributed by atoms with E-state index < -0.39 is 0 Å². The smallest absolute Gasteiger partial charge is 0.323 e. The van der Waals surface area contributed by atoms with Crippen molar-refractivity contribution >= 4 is 23.6 Å². The Morgan fingerprint density at radius 2 is 2.00 bits per heavy atom. The van der Waals surface area contributed by atoms with E-state index in [1.165, 1.54) is 11.8 Å². The zero-order valence-corrected chi connectivity index (χ0v) is 12.4. The molecule has 2 N–H and O–H groups in total. The van der Waals surface area contributed by atoms with Crippen molar-refractivity contribution in [3.8, 4) is 0 Å². The molecule has 0 aromatic carbocycles. The number of ether oxygens (including phenoxy) is 1. The second kappa shape index (κ2) is 10.2. The lowest BCUT2D eigenvalue weighted by Gasteiger charge is -2.19. The topological polar surface area (TPSA) is 67.4 Å². The number of hydrogen-bond donors (Lipinski definition) is 2. The lowest BCUT2D eigenvalue weighted by molar-refractivity contribution is -0.145. The van der Waals surface area contributed by atoms with Crippen LogP contribution in [0.15, 0.2) is 0 Å². The number of esters is 1. The van der Waals surface area contributed by atoms with Crippen molar-refractivity contribution in [3.05, 3.63) is 0 Å². The van der Waals surface area contributed by atoms with Crippen LogP contribution in [0.5, 0.6) is 0 Å². The zero-order chi connectivity index (χ0) is 14.0. The van der Waals surface area contributed by atoms with Gasteiger partial charge < -0.3 is 15.4 Å². The van der Waals surface area contributed by atoms with Crippen molar-refractivity contribution in [2.75, 3.05) is 25.2 Å². The van der Waals surface area contributed by atoms with Gasteiger partial charge in [0.25, 0.3) is 0 Å². The predicted octanol–water partition coefficient (Wildman–Crippen LogP) is 0.785. The first kappa shape index (κ1) is 17.2. The lowest BCUT2D eigenvalue weighted by Crippen LogP contribution is -2.42. The standard InChI is InChI=1S/C12H24N2O3S/c1-5-17-12(16)10(14-9(2)3)6-7-18-8-11(15)13-4/h9-10,14H,5-8H2,1-4H3,(H,13,15). The third kappa shape index (κ3) is 8.36. The molecule has 0 aliphatic carbocycles. The Bertz CT molecular complexity index is 260. The fraction of sp³-hybridized carbons (Fsp3) is 0.833. The van der Waals surface area contributed by atoms with Crippen LogP contribution in [-0.2, 0) is 14.3 Å². The van der Waals surface area contributed by atoms with Crippen molar-refractivity contribution in [1.29, 1.82) is 0 Å². The van der Waals surface area contributed by atoms with Gasteiger partial charge >= 0.3 is 5.97 Å². The minimum atomic E-state index is -0.290. The van der Waals surface area contributed by atoms with E-state index in [0.717, 1.165) is 5.75 Å². The van der Waals surface area contributed by atoms with Gasteiger partial charge in [-0.15, -0.1) is 0 Å². The maximum Gasteiger partial charge on any atom is 0.323 e. The molecule has 0 heterocycles. The van der Waals surface area contributed by atoms with Crippen LogP contribution in [0.3, 0.4) is 0 Å². The maximum atomic E-state index is 11.7. The van der Waals surface area contributed by atoms with Crippen LogP contribution in [-0.4, -0.2) is 49.1 Å². The summed E-state index contributed by atoms with van der Waals surface area (Å²) in [5, 5.41) is 5.74. The molecule has 0 rings (SSSR count). The zero-order valence-electron chi connectivity index (χ0n) is 11.6. The molecule has 106 valence electrons. The average Bonchev–Trinajstić information content (AvgIpc) is 2.32. The Hall–Kier alpha value is -0.750. The van der Waals surface area contributed by atoms with Crippen molar-refractivity contribution in [2.45, 2.75) is 39.3 Å². The number of thioether (sulfide) groups is 1. The van der Waals surface area contributed by atoms with Crippen LogP contribution >= 0.6 is 11.8 Å². The predicted molar refractivity (Wildman–Crippen MR) is 74.7 cm³/mol. The molecule has 1 amide bonds. The van der Waals surface area contributed by atoms with E-state index >= 15 is 0 Å². The van der Waals surface area contributed by atoms with Gasteiger partial charge in [-0.05, 0) is 19.1 Å². The molecule has 0 aliphatic rings. The van der Waals surface area contributed by atoms with E-state index in [9.17, 15) is 9.59 Å². The average molecular weight is 276 g/mol. The molecule has 0 aromatic heterocycles. The minimum Gasteiger partial charge on any atom is -0.465 e. The summed E-state index contributed by atoms with van der Waals surface area (Å²) in [5.41, 5.74) is 0. The fourth-order valence-corrected chi connectivity index (χ4v) is 2.23. The van der Waals surface area contributed by atoms with Crippen molar-refractivity contribution in [1.82, 2.24) is 10.6 Å². The first-order valence-corrected chi connectivity index (χ1v) is 7.37. The van der Waals surface area contributed by atoms with Gasteiger partial charge in [-0.1, -0.05) is 13.8 Å². The van der Waals surface area contributed by atoms with E-state index in [0.29, 0.717) is 18.8 Å². The summed E-state index contributed by atoms with van der Waals surface area (Å²) in [5.74, 6) is 0.959. The highest BCUT2D eigenvalue weighted by Gasteiger charge is 2.19. The molecule has 0 fully saturated rings. The highest BCUT2D eigenvalue weighted by Crippen LogP contribution is 2.07. The van der Waals surface area contributed by atoms with Gasteiger partial charge in [0.1, 0.15) is 6.04 Å². The molecule has 0 bridgehead atoms. The number of carbonyl (C=O) groups excluding carboxylic acids is 2. The number of amides is 1. The molecule has 0 saturated heterocycles. The quantitative estimate of drug-likeness (QED) is 0.481. The van der Waals surface area contributed by atoms with Gasteiger partial charge in [0.2, 0.25) is 5.91 Å². The Balaban J connectivity index is 4.00. The third-order valence-electron chi connectivity index (χ3n) is 2.17. The molecule has 5 nitrogen and oxygen atoms in total. The van der Waals surface area contributed by atoms with E-state index in [1.54, 1.807) is 14.0 Å². The highest BCUT2D eigenvalue weighted by atomic mass is 32.2. The first-order chi connectivity index (χ1) is 8.51. The van der Waals surface area contributed by atoms with Crippen molar-refractivity contribution in [2.24, 2.45) is 0 Å². The summed E-state index contributed by atoms with van der Waals surface area (Å²) in [6, 6.07) is -0.0644. The number of carbonyl (C=O) groups is 2. The van der Waals surface area contributed by atoms with Gasteiger partial charge in [-0.25, -0.2) is 0 Å². The van der Waals surface area contributed by atoms with Crippen molar-refractivity contribution < 1.29 is 14.3 Å². The Morgan fingerprint density at radius 3 is 2.50 bits per heavy atom. The van der Waals surface area contributed by atoms with E-state index in [4.69, 9.17) is 4.74 Å². The van der Waals surface area contributed by atoms with Crippen LogP contribution in [0.25, 0.3) is 0 Å². The Kier molecular flexibility index (Phi) is 9.77. The summed E-state index contributed by atoms with van der Waals surface area (Å²) >= 11 is 1.52.